The van der Waals surface area contributed by atoms with Crippen molar-refractivity contribution in [2.75, 3.05) is 5.73 Å². The molecule has 0 saturated heterocycles. The van der Waals surface area contributed by atoms with E-state index in [1.165, 1.54) is 18.5 Å². The molecule has 84 valence electrons. The summed E-state index contributed by atoms with van der Waals surface area (Å²) in [6, 6.07) is 2.98. The molecule has 3 aromatic rings. The average molecular weight is 229 g/mol. The van der Waals surface area contributed by atoms with Crippen molar-refractivity contribution in [3.05, 3.63) is 36.5 Å². The molecule has 0 radical (unpaired) electrons. The van der Waals surface area contributed by atoms with Crippen LogP contribution in [0.25, 0.3) is 22.3 Å². The van der Waals surface area contributed by atoms with Crippen molar-refractivity contribution >= 4 is 17.0 Å². The molecule has 0 fully saturated rings. The first-order valence-electron chi connectivity index (χ1n) is 4.96. The SMILES string of the molecule is Nc1nccc(-c2c[nH]c3nccc(F)c23)n1. The summed E-state index contributed by atoms with van der Waals surface area (Å²) in [7, 11) is 0. The van der Waals surface area contributed by atoms with Crippen molar-refractivity contribution < 1.29 is 4.39 Å². The second kappa shape index (κ2) is 3.51. The van der Waals surface area contributed by atoms with Gasteiger partial charge in [-0.3, -0.25) is 0 Å². The molecule has 0 amide bonds. The van der Waals surface area contributed by atoms with Gasteiger partial charge >= 0.3 is 0 Å². The maximum atomic E-state index is 13.7. The lowest BCUT2D eigenvalue weighted by molar-refractivity contribution is 0.639. The van der Waals surface area contributed by atoms with Crippen molar-refractivity contribution in [2.24, 2.45) is 0 Å². The molecule has 0 saturated carbocycles. The van der Waals surface area contributed by atoms with Gasteiger partial charge in [0, 0.05) is 24.2 Å². The van der Waals surface area contributed by atoms with Crippen molar-refractivity contribution in [1.82, 2.24) is 19.9 Å². The van der Waals surface area contributed by atoms with E-state index in [0.717, 1.165) is 0 Å². The number of aromatic nitrogens is 4. The Balaban J connectivity index is 2.31. The molecule has 3 rings (SSSR count). The number of anilines is 1. The molecule has 5 nitrogen and oxygen atoms in total. The molecule has 6 heteroatoms. The highest BCUT2D eigenvalue weighted by atomic mass is 19.1. The number of aromatic amines is 1. The lowest BCUT2D eigenvalue weighted by Gasteiger charge is -1.99. The summed E-state index contributed by atoms with van der Waals surface area (Å²) in [5.41, 5.74) is 7.18. The molecule has 0 aliphatic carbocycles. The van der Waals surface area contributed by atoms with Crippen LogP contribution in [-0.2, 0) is 0 Å². The van der Waals surface area contributed by atoms with Gasteiger partial charge in [0.2, 0.25) is 5.95 Å². The molecule has 0 aromatic carbocycles. The van der Waals surface area contributed by atoms with Crippen LogP contribution in [0.3, 0.4) is 0 Å². The largest absolute Gasteiger partial charge is 0.368 e. The van der Waals surface area contributed by atoms with Gasteiger partial charge in [0.1, 0.15) is 11.5 Å². The van der Waals surface area contributed by atoms with Gasteiger partial charge in [-0.25, -0.2) is 19.3 Å². The predicted octanol–water partition coefficient (Wildman–Crippen LogP) is 1.74. The maximum Gasteiger partial charge on any atom is 0.220 e. The minimum atomic E-state index is -0.344. The minimum Gasteiger partial charge on any atom is -0.368 e. The fourth-order valence-electron chi connectivity index (χ4n) is 1.74. The molecule has 0 aliphatic heterocycles. The number of hydrogen-bond donors (Lipinski definition) is 2. The summed E-state index contributed by atoms with van der Waals surface area (Å²) in [6.45, 7) is 0. The summed E-state index contributed by atoms with van der Waals surface area (Å²) in [4.78, 5) is 14.8. The Morgan fingerprint density at radius 1 is 1.18 bits per heavy atom. The van der Waals surface area contributed by atoms with Crippen LogP contribution >= 0.6 is 0 Å². The average Bonchev–Trinajstić information content (AvgIpc) is 2.74. The Morgan fingerprint density at radius 2 is 2.00 bits per heavy atom. The van der Waals surface area contributed by atoms with Crippen molar-refractivity contribution in [1.29, 1.82) is 0 Å². The zero-order valence-corrected chi connectivity index (χ0v) is 8.68. The summed E-state index contributed by atoms with van der Waals surface area (Å²) < 4.78 is 13.7. The van der Waals surface area contributed by atoms with Crippen LogP contribution in [0.2, 0.25) is 0 Å². The van der Waals surface area contributed by atoms with Crippen LogP contribution in [0.15, 0.2) is 30.7 Å². The molecular weight excluding hydrogens is 221 g/mol. The Bertz CT molecular complexity index is 691. The molecule has 3 aromatic heterocycles. The first-order chi connectivity index (χ1) is 8.25. The van der Waals surface area contributed by atoms with Crippen LogP contribution in [0.1, 0.15) is 0 Å². The minimum absolute atomic E-state index is 0.154. The van der Waals surface area contributed by atoms with Crippen LogP contribution in [0.4, 0.5) is 10.3 Å². The standard InChI is InChI=1S/C11H8FN5/c12-7-1-3-14-10-9(7)6(5-16-10)8-2-4-15-11(13)17-8/h1-5H,(H,14,16)(H2,13,15,17). The molecule has 0 atom stereocenters. The summed E-state index contributed by atoms with van der Waals surface area (Å²) in [5.74, 6) is -0.190. The molecule has 0 unspecified atom stereocenters. The number of nitrogens with one attached hydrogen (secondary N) is 1. The zero-order valence-electron chi connectivity index (χ0n) is 8.68. The lowest BCUT2D eigenvalue weighted by Crippen LogP contribution is -1.95. The van der Waals surface area contributed by atoms with E-state index in [1.54, 1.807) is 12.3 Å². The molecule has 0 aliphatic rings. The molecule has 3 N–H and O–H groups in total. The van der Waals surface area contributed by atoms with Crippen molar-refractivity contribution in [2.45, 2.75) is 0 Å². The van der Waals surface area contributed by atoms with E-state index in [-0.39, 0.29) is 11.8 Å². The maximum absolute atomic E-state index is 13.7. The van der Waals surface area contributed by atoms with E-state index in [9.17, 15) is 4.39 Å². The number of pyridine rings is 1. The zero-order chi connectivity index (χ0) is 11.8. The fourth-order valence-corrected chi connectivity index (χ4v) is 1.74. The van der Waals surface area contributed by atoms with Gasteiger partial charge in [0.25, 0.3) is 0 Å². The van der Waals surface area contributed by atoms with Gasteiger partial charge in [0.15, 0.2) is 0 Å². The Morgan fingerprint density at radius 3 is 2.82 bits per heavy atom. The Labute approximate surface area is 95.5 Å². The number of rotatable bonds is 1. The molecule has 0 spiro atoms. The second-order valence-corrected chi connectivity index (χ2v) is 3.52. The highest BCUT2D eigenvalue weighted by molar-refractivity contribution is 5.92. The number of nitrogens with zero attached hydrogens (tertiary/aromatic N) is 3. The van der Waals surface area contributed by atoms with Gasteiger partial charge in [-0.2, -0.15) is 0 Å². The lowest BCUT2D eigenvalue weighted by atomic mass is 10.1. The molecule has 0 bridgehead atoms. The van der Waals surface area contributed by atoms with E-state index >= 15 is 0 Å². The number of fused-ring (bicyclic) bond motifs is 1. The van der Waals surface area contributed by atoms with Crippen LogP contribution in [0, 0.1) is 5.82 Å². The smallest absolute Gasteiger partial charge is 0.220 e. The number of H-pyrrole nitrogens is 1. The third-order valence-corrected chi connectivity index (χ3v) is 2.47. The van der Waals surface area contributed by atoms with Crippen LogP contribution in [-0.4, -0.2) is 19.9 Å². The van der Waals surface area contributed by atoms with Gasteiger partial charge in [-0.05, 0) is 12.1 Å². The van der Waals surface area contributed by atoms with Crippen LogP contribution in [0.5, 0.6) is 0 Å². The Kier molecular flexibility index (Phi) is 2.01. The predicted molar refractivity (Wildman–Crippen MR) is 61.5 cm³/mol. The monoisotopic (exact) mass is 229 g/mol. The van der Waals surface area contributed by atoms with Crippen molar-refractivity contribution in [3.8, 4) is 11.3 Å². The highest BCUT2D eigenvalue weighted by Crippen LogP contribution is 2.28. The number of hydrogen-bond acceptors (Lipinski definition) is 4. The van der Waals surface area contributed by atoms with E-state index in [0.29, 0.717) is 22.3 Å². The summed E-state index contributed by atoms with van der Waals surface area (Å²) in [6.07, 6.45) is 4.60. The molecular formula is C11H8FN5. The highest BCUT2D eigenvalue weighted by Gasteiger charge is 2.12. The van der Waals surface area contributed by atoms with Crippen molar-refractivity contribution in [3.63, 3.8) is 0 Å². The topological polar surface area (TPSA) is 80.5 Å². The van der Waals surface area contributed by atoms with E-state index < -0.39 is 0 Å². The van der Waals surface area contributed by atoms with Crippen LogP contribution < -0.4 is 5.73 Å². The van der Waals surface area contributed by atoms with E-state index in [2.05, 4.69) is 19.9 Å². The Hall–Kier alpha value is -2.50. The fraction of sp³-hybridized carbons (Fsp3) is 0. The second-order valence-electron chi connectivity index (χ2n) is 3.52. The first kappa shape index (κ1) is 9.71. The molecule has 17 heavy (non-hydrogen) atoms. The quantitative estimate of drug-likeness (QED) is 0.666. The van der Waals surface area contributed by atoms with Gasteiger partial charge < -0.3 is 10.7 Å². The third kappa shape index (κ3) is 1.50. The molecule has 3 heterocycles. The normalized spacial score (nSPS) is 10.9. The van der Waals surface area contributed by atoms with Gasteiger partial charge in [-0.1, -0.05) is 0 Å². The number of halogens is 1. The van der Waals surface area contributed by atoms with E-state index in [4.69, 9.17) is 5.73 Å². The first-order valence-corrected chi connectivity index (χ1v) is 4.96. The number of nitrogen functional groups attached to an aromatic ring is 1. The summed E-state index contributed by atoms with van der Waals surface area (Å²) in [5, 5.41) is 0.408. The third-order valence-electron chi connectivity index (χ3n) is 2.47. The van der Waals surface area contributed by atoms with Gasteiger partial charge in [0.05, 0.1) is 11.1 Å². The number of nitrogens with two attached hydrogens (primary N) is 1. The summed E-state index contributed by atoms with van der Waals surface area (Å²) >= 11 is 0. The van der Waals surface area contributed by atoms with E-state index in [1.807, 2.05) is 0 Å². The van der Waals surface area contributed by atoms with Gasteiger partial charge in [-0.15, -0.1) is 0 Å².